The minimum atomic E-state index is -4.52. The number of nitrogens with zero attached hydrogens (tertiary/aromatic N) is 3. The summed E-state index contributed by atoms with van der Waals surface area (Å²) in [5, 5.41) is 16.8. The molecule has 2 amide bonds. The van der Waals surface area contributed by atoms with E-state index in [4.69, 9.17) is 4.84 Å². The summed E-state index contributed by atoms with van der Waals surface area (Å²) in [5.74, 6) is -4.44. The first-order valence-electron chi connectivity index (χ1n) is 12.1. The van der Waals surface area contributed by atoms with Crippen LogP contribution >= 0.6 is 0 Å². The fourth-order valence-corrected chi connectivity index (χ4v) is 5.45. The van der Waals surface area contributed by atoms with Crippen molar-refractivity contribution in [3.63, 3.8) is 0 Å². The lowest BCUT2D eigenvalue weighted by molar-refractivity contribution is -0.121. The molecule has 1 aromatic carbocycles. The monoisotopic (exact) mass is 554 g/mol. The first kappa shape index (κ1) is 26.6. The number of aromatic nitrogens is 1. The van der Waals surface area contributed by atoms with E-state index in [-0.39, 0.29) is 36.7 Å². The molecule has 3 atom stereocenters. The maximum atomic E-state index is 14.0. The van der Waals surface area contributed by atoms with Gasteiger partial charge in [0.15, 0.2) is 17.0 Å². The van der Waals surface area contributed by atoms with Crippen molar-refractivity contribution >= 4 is 17.5 Å². The molecule has 3 aliphatic rings. The molecule has 1 fully saturated rings. The topological polar surface area (TPSA) is 113 Å². The molecular formula is C25H23F5N4O5. The Morgan fingerprint density at radius 2 is 2.03 bits per heavy atom. The highest BCUT2D eigenvalue weighted by atomic mass is 19.4. The van der Waals surface area contributed by atoms with Gasteiger partial charge in [-0.1, -0.05) is 11.2 Å². The van der Waals surface area contributed by atoms with Gasteiger partial charge in [-0.15, -0.1) is 0 Å². The number of hydrogen-bond acceptors (Lipinski definition) is 6. The number of carbonyl (C=O) groups is 2. The van der Waals surface area contributed by atoms with Crippen molar-refractivity contribution in [2.75, 3.05) is 6.54 Å². The van der Waals surface area contributed by atoms with Crippen LogP contribution in [0.5, 0.6) is 5.75 Å². The van der Waals surface area contributed by atoms with Crippen molar-refractivity contribution in [1.82, 2.24) is 14.8 Å². The van der Waals surface area contributed by atoms with Crippen LogP contribution in [0.3, 0.4) is 0 Å². The SMILES string of the molecule is CC1CCC2(CC(CC(F)(F)F)=NO2)C2CN1C(=O)c1c(O)c(=O)c(C(=O)NCc3ccc(F)cc3F)cn12. The summed E-state index contributed by atoms with van der Waals surface area (Å²) in [6.45, 7) is 1.30. The average molecular weight is 554 g/mol. The maximum absolute atomic E-state index is 14.0. The normalized spacial score (nSPS) is 24.2. The van der Waals surface area contributed by atoms with Crippen molar-refractivity contribution < 1.29 is 41.5 Å². The summed E-state index contributed by atoms with van der Waals surface area (Å²) in [4.78, 5) is 46.3. The molecule has 9 nitrogen and oxygen atoms in total. The number of carbonyl (C=O) groups excluding carboxylic acids is 2. The van der Waals surface area contributed by atoms with Crippen molar-refractivity contribution in [3.05, 3.63) is 63.1 Å². The van der Waals surface area contributed by atoms with Crippen LogP contribution in [0.15, 0.2) is 34.3 Å². The zero-order chi connectivity index (χ0) is 28.3. The quantitative estimate of drug-likeness (QED) is 0.563. The maximum Gasteiger partial charge on any atom is 0.394 e. The van der Waals surface area contributed by atoms with E-state index in [1.54, 1.807) is 6.92 Å². The predicted molar refractivity (Wildman–Crippen MR) is 125 cm³/mol. The van der Waals surface area contributed by atoms with Gasteiger partial charge in [-0.05, 0) is 25.8 Å². The Morgan fingerprint density at radius 1 is 1.28 bits per heavy atom. The molecule has 1 saturated heterocycles. The summed E-state index contributed by atoms with van der Waals surface area (Å²) >= 11 is 0. The number of aromatic hydroxyl groups is 1. The molecule has 5 rings (SSSR count). The van der Waals surface area contributed by atoms with Crippen molar-refractivity contribution in [3.8, 4) is 5.75 Å². The number of benzene rings is 1. The minimum Gasteiger partial charge on any atom is -0.503 e. The van der Waals surface area contributed by atoms with E-state index in [0.717, 1.165) is 18.3 Å². The van der Waals surface area contributed by atoms with Gasteiger partial charge in [-0.25, -0.2) is 8.78 Å². The highest BCUT2D eigenvalue weighted by Gasteiger charge is 2.55. The average Bonchev–Trinajstić information content (AvgIpc) is 3.20. The molecule has 14 heteroatoms. The second-order valence-corrected chi connectivity index (χ2v) is 10.0. The van der Waals surface area contributed by atoms with Crippen LogP contribution in [-0.2, 0) is 11.4 Å². The van der Waals surface area contributed by atoms with Gasteiger partial charge in [0.1, 0.15) is 17.2 Å². The number of nitrogens with one attached hydrogen (secondary N) is 1. The molecule has 4 heterocycles. The third-order valence-corrected chi connectivity index (χ3v) is 7.47. The summed E-state index contributed by atoms with van der Waals surface area (Å²) in [7, 11) is 0. The van der Waals surface area contributed by atoms with Gasteiger partial charge < -0.3 is 24.7 Å². The molecule has 2 N–H and O–H groups in total. The molecule has 2 aromatic rings. The Labute approximate surface area is 217 Å². The van der Waals surface area contributed by atoms with E-state index in [9.17, 15) is 41.4 Å². The lowest BCUT2D eigenvalue weighted by atomic mass is 9.83. The van der Waals surface area contributed by atoms with Gasteiger partial charge in [0, 0.05) is 43.4 Å². The lowest BCUT2D eigenvalue weighted by Gasteiger charge is -2.41. The van der Waals surface area contributed by atoms with Gasteiger partial charge in [-0.3, -0.25) is 14.4 Å². The molecule has 0 aliphatic carbocycles. The predicted octanol–water partition coefficient (Wildman–Crippen LogP) is 3.41. The zero-order valence-corrected chi connectivity index (χ0v) is 20.5. The molecule has 2 bridgehead atoms. The van der Waals surface area contributed by atoms with Crippen LogP contribution in [0.1, 0.15) is 65.1 Å². The number of alkyl halides is 3. The number of halogens is 5. The molecule has 0 saturated carbocycles. The van der Waals surface area contributed by atoms with E-state index < -0.39 is 76.7 Å². The number of pyridine rings is 1. The van der Waals surface area contributed by atoms with Gasteiger partial charge in [0.05, 0.1) is 18.2 Å². The Hall–Kier alpha value is -3.97. The summed E-state index contributed by atoms with van der Waals surface area (Å²) < 4.78 is 67.6. The third kappa shape index (κ3) is 4.72. The van der Waals surface area contributed by atoms with Crippen molar-refractivity contribution in [2.24, 2.45) is 5.16 Å². The van der Waals surface area contributed by atoms with Gasteiger partial charge in [0.25, 0.3) is 11.8 Å². The Morgan fingerprint density at radius 3 is 2.72 bits per heavy atom. The fraction of sp³-hybridized carbons (Fsp3) is 0.440. The van der Waals surface area contributed by atoms with E-state index in [0.29, 0.717) is 12.5 Å². The first-order valence-corrected chi connectivity index (χ1v) is 12.1. The summed E-state index contributed by atoms with van der Waals surface area (Å²) in [6.07, 6.45) is -4.38. The van der Waals surface area contributed by atoms with Crippen LogP contribution < -0.4 is 10.7 Å². The first-order chi connectivity index (χ1) is 18.3. The standard InChI is InChI=1S/C25H23F5N4O5/c1-12-4-5-24(7-15(32-39-24)8-25(28,29)30)18-11-33(12)23(38)19-21(36)20(35)16(10-34(18)19)22(37)31-9-13-2-3-14(26)6-17(13)27/h2-3,6,10,12,18,36H,4-5,7-9,11H2,1H3,(H,31,37). The Bertz CT molecular complexity index is 1460. The molecule has 1 aromatic heterocycles. The van der Waals surface area contributed by atoms with E-state index in [1.165, 1.54) is 9.47 Å². The fourth-order valence-electron chi connectivity index (χ4n) is 5.45. The van der Waals surface area contributed by atoms with Crippen LogP contribution in [0.25, 0.3) is 0 Å². The van der Waals surface area contributed by atoms with Crippen molar-refractivity contribution in [1.29, 1.82) is 0 Å². The minimum absolute atomic E-state index is 0.0218. The van der Waals surface area contributed by atoms with Crippen LogP contribution in [0.2, 0.25) is 0 Å². The van der Waals surface area contributed by atoms with Gasteiger partial charge >= 0.3 is 6.18 Å². The van der Waals surface area contributed by atoms with Crippen LogP contribution in [0.4, 0.5) is 22.0 Å². The Kier molecular flexibility index (Phi) is 6.38. The van der Waals surface area contributed by atoms with E-state index in [2.05, 4.69) is 10.5 Å². The number of hydrogen-bond donors (Lipinski definition) is 2. The highest BCUT2D eigenvalue weighted by Crippen LogP contribution is 2.47. The third-order valence-electron chi connectivity index (χ3n) is 7.47. The van der Waals surface area contributed by atoms with Crippen LogP contribution in [0, 0.1) is 11.6 Å². The zero-order valence-electron chi connectivity index (χ0n) is 20.5. The van der Waals surface area contributed by atoms with Crippen LogP contribution in [-0.4, -0.2) is 56.5 Å². The number of fused-ring (bicyclic) bond motifs is 5. The smallest absolute Gasteiger partial charge is 0.394 e. The largest absolute Gasteiger partial charge is 0.503 e. The lowest BCUT2D eigenvalue weighted by Crippen LogP contribution is -2.52. The molecule has 3 aliphatic heterocycles. The summed E-state index contributed by atoms with van der Waals surface area (Å²) in [5.41, 5.74) is -3.78. The van der Waals surface area contributed by atoms with Gasteiger partial charge in [0.2, 0.25) is 5.43 Å². The second kappa shape index (κ2) is 9.35. The molecule has 3 unspecified atom stereocenters. The molecule has 1 spiro atoms. The second-order valence-electron chi connectivity index (χ2n) is 10.0. The number of amides is 2. The molecule has 0 radical (unpaired) electrons. The highest BCUT2D eigenvalue weighted by molar-refractivity contribution is 5.99. The molecule has 208 valence electrons. The summed E-state index contributed by atoms with van der Waals surface area (Å²) in [6, 6.07) is 1.46. The van der Waals surface area contributed by atoms with E-state index in [1.807, 2.05) is 0 Å². The molecular weight excluding hydrogens is 531 g/mol. The van der Waals surface area contributed by atoms with Gasteiger partial charge in [-0.2, -0.15) is 13.2 Å². The Balaban J connectivity index is 1.52. The number of oxime groups is 1. The van der Waals surface area contributed by atoms with E-state index >= 15 is 0 Å². The molecule has 39 heavy (non-hydrogen) atoms. The van der Waals surface area contributed by atoms with Crippen molar-refractivity contribution in [2.45, 2.75) is 63.0 Å². The number of rotatable bonds is 4.